The van der Waals surface area contributed by atoms with Crippen LogP contribution in [0.25, 0.3) is 32.7 Å². The Morgan fingerprint density at radius 3 is 1.07 bits per heavy atom. The summed E-state index contributed by atoms with van der Waals surface area (Å²) in [5.41, 5.74) is 9.40. The number of hydrogen-bond acceptors (Lipinski definition) is 3. The summed E-state index contributed by atoms with van der Waals surface area (Å²) in [5, 5.41) is 0.860. The van der Waals surface area contributed by atoms with Gasteiger partial charge in [0.25, 0.3) is 5.43 Å². The van der Waals surface area contributed by atoms with Crippen molar-refractivity contribution in [2.45, 2.75) is 116 Å². The van der Waals surface area contributed by atoms with Crippen LogP contribution in [0.3, 0.4) is 0 Å². The summed E-state index contributed by atoms with van der Waals surface area (Å²) in [5.74, 6) is 6.66. The zero-order valence-electron chi connectivity index (χ0n) is 28.4. The van der Waals surface area contributed by atoms with Gasteiger partial charge in [-0.1, -0.05) is 94.9 Å². The standard InChI is InChI=1S/C38H46O4Si2/c1-21(2)43(22(3)4,23(5)6)15-13-27-17-29-33-30(18-27)36(40)38(42)32-20-28(19-31(34(32)33)37(41)35(29)39)14-16-44(24(7)8,25(9)10)26(11)12/h17-26H,1-12H3/p+1. The fourth-order valence-electron chi connectivity index (χ4n) is 8.41. The molecule has 4 nitrogen and oxygen atoms in total. The highest BCUT2D eigenvalue weighted by Crippen LogP contribution is 2.42. The van der Waals surface area contributed by atoms with Crippen LogP contribution in [0.5, 0.6) is 0 Å². The van der Waals surface area contributed by atoms with Gasteiger partial charge in [0, 0.05) is 38.4 Å². The maximum Gasteiger partial charge on any atom is 0.395 e. The Balaban J connectivity index is 2.08. The zero-order valence-corrected chi connectivity index (χ0v) is 30.4. The Hall–Kier alpha value is -3.33. The van der Waals surface area contributed by atoms with Gasteiger partial charge in [-0.05, 0) is 57.5 Å². The average molecular weight is 624 g/mol. The first-order valence-electron chi connectivity index (χ1n) is 16.1. The van der Waals surface area contributed by atoms with Crippen LogP contribution in [0.1, 0.15) is 94.2 Å². The largest absolute Gasteiger partial charge is 0.395 e. The highest BCUT2D eigenvalue weighted by molar-refractivity contribution is 6.91. The number of hydrogen-bond donors (Lipinski definition) is 0. The molecule has 0 atom stereocenters. The zero-order chi connectivity index (χ0) is 33.0. The summed E-state index contributed by atoms with van der Waals surface area (Å²) in [6.45, 7) is 26.7. The second kappa shape index (κ2) is 11.9. The highest BCUT2D eigenvalue weighted by atomic mass is 28.3. The van der Waals surface area contributed by atoms with Gasteiger partial charge in [0.1, 0.15) is 16.1 Å². The van der Waals surface area contributed by atoms with Crippen molar-refractivity contribution in [1.82, 2.24) is 0 Å². The van der Waals surface area contributed by atoms with Crippen molar-refractivity contribution in [2.24, 2.45) is 0 Å². The quantitative estimate of drug-likeness (QED) is 0.0729. The Morgan fingerprint density at radius 1 is 0.477 bits per heavy atom. The van der Waals surface area contributed by atoms with Crippen LogP contribution >= 0.6 is 0 Å². The molecule has 0 bridgehead atoms. The lowest BCUT2D eigenvalue weighted by atomic mass is 9.85. The van der Waals surface area contributed by atoms with E-state index >= 15 is 0 Å². The van der Waals surface area contributed by atoms with E-state index < -0.39 is 37.9 Å². The first-order valence-corrected chi connectivity index (χ1v) is 20.5. The molecule has 1 N–H and O–H groups in total. The summed E-state index contributed by atoms with van der Waals surface area (Å²) in [4.78, 5) is 52.2. The van der Waals surface area contributed by atoms with Crippen molar-refractivity contribution in [2.75, 3.05) is 0 Å². The van der Waals surface area contributed by atoms with Crippen molar-refractivity contribution in [3.05, 3.63) is 71.5 Å². The van der Waals surface area contributed by atoms with Gasteiger partial charge in [0.2, 0.25) is 10.9 Å². The molecule has 0 unspecified atom stereocenters. The summed E-state index contributed by atoms with van der Waals surface area (Å²) < 4.78 is 0. The molecule has 2 aliphatic rings. The molecule has 230 valence electrons. The molecule has 0 aliphatic heterocycles. The molecule has 0 spiro atoms. The molecular weight excluding hydrogens is 577 g/mol. The van der Waals surface area contributed by atoms with Gasteiger partial charge < -0.3 is 0 Å². The lowest BCUT2D eigenvalue weighted by Gasteiger charge is -2.38. The van der Waals surface area contributed by atoms with Crippen LogP contribution in [0.15, 0.2) is 38.6 Å². The van der Waals surface area contributed by atoms with E-state index in [0.29, 0.717) is 55.5 Å². The molecule has 6 heteroatoms. The maximum absolute atomic E-state index is 13.7. The summed E-state index contributed by atoms with van der Waals surface area (Å²) >= 11 is 0. The van der Waals surface area contributed by atoms with Crippen molar-refractivity contribution in [3.63, 3.8) is 0 Å². The maximum atomic E-state index is 13.7. The Kier molecular flexibility index (Phi) is 9.06. The monoisotopic (exact) mass is 623 g/mol. The predicted octanol–water partition coefficient (Wildman–Crippen LogP) is 7.64. The van der Waals surface area contributed by atoms with Crippen LogP contribution in [0.2, 0.25) is 33.2 Å². The minimum atomic E-state index is -2.09. The van der Waals surface area contributed by atoms with Crippen LogP contribution in [0.4, 0.5) is 0 Å². The Morgan fingerprint density at radius 2 is 0.750 bits per heavy atom. The summed E-state index contributed by atoms with van der Waals surface area (Å²) in [6.07, 6.45) is 0. The van der Waals surface area contributed by atoms with E-state index in [2.05, 4.69) is 106 Å². The van der Waals surface area contributed by atoms with E-state index in [9.17, 15) is 19.2 Å². The van der Waals surface area contributed by atoms with E-state index in [4.69, 9.17) is 0 Å². The second-order valence-electron chi connectivity index (χ2n) is 14.5. The van der Waals surface area contributed by atoms with E-state index in [1.54, 1.807) is 24.3 Å². The molecule has 44 heavy (non-hydrogen) atoms. The first kappa shape index (κ1) is 33.6. The van der Waals surface area contributed by atoms with E-state index in [1.807, 2.05) is 0 Å². The Bertz CT molecular complexity index is 1750. The third kappa shape index (κ3) is 5.01. The van der Waals surface area contributed by atoms with Gasteiger partial charge in [0.15, 0.2) is 0 Å². The second-order valence-corrected chi connectivity index (χ2v) is 25.7. The van der Waals surface area contributed by atoms with Gasteiger partial charge in [-0.2, -0.15) is 0 Å². The molecule has 0 saturated carbocycles. The minimum Gasteiger partial charge on any atom is -0.285 e. The molecule has 4 rings (SSSR count). The Labute approximate surface area is 263 Å². The highest BCUT2D eigenvalue weighted by Gasteiger charge is 2.42. The van der Waals surface area contributed by atoms with Crippen LogP contribution in [0, 0.1) is 22.9 Å². The van der Waals surface area contributed by atoms with Crippen molar-refractivity contribution in [1.29, 1.82) is 0 Å². The van der Waals surface area contributed by atoms with Crippen LogP contribution in [-0.2, 0) is 0 Å². The van der Waals surface area contributed by atoms with Crippen molar-refractivity contribution in [3.8, 4) is 34.1 Å². The molecule has 2 aromatic carbocycles. The smallest absolute Gasteiger partial charge is 0.285 e. The van der Waals surface area contributed by atoms with Crippen LogP contribution < -0.4 is 21.7 Å². The fourth-order valence-corrected chi connectivity index (χ4v) is 18.9. The fraction of sp³-hybridized carbons (Fsp3) is 0.474. The van der Waals surface area contributed by atoms with Gasteiger partial charge in [-0.3, -0.25) is 19.2 Å². The lowest BCUT2D eigenvalue weighted by molar-refractivity contribution is 0.579. The van der Waals surface area contributed by atoms with E-state index in [-0.39, 0.29) is 21.5 Å². The molecule has 0 radical (unpaired) electrons. The van der Waals surface area contributed by atoms with Crippen LogP contribution in [-0.4, -0.2) is 20.9 Å². The van der Waals surface area contributed by atoms with Gasteiger partial charge in [-0.25, -0.2) is 0 Å². The molecule has 0 heterocycles. The first-order chi connectivity index (χ1) is 20.4. The summed E-state index contributed by atoms with van der Waals surface area (Å²) in [6, 6.07) is 6.72. The summed E-state index contributed by atoms with van der Waals surface area (Å²) in [7, 11) is -4.18. The third-order valence-corrected chi connectivity index (χ3v) is 23.1. The van der Waals surface area contributed by atoms with E-state index in [1.165, 1.54) is 0 Å². The van der Waals surface area contributed by atoms with Crippen molar-refractivity contribution >= 4 is 37.7 Å². The van der Waals surface area contributed by atoms with Gasteiger partial charge in [0.05, 0.1) is 5.39 Å². The lowest BCUT2D eigenvalue weighted by Crippen LogP contribution is -2.43. The van der Waals surface area contributed by atoms with Crippen molar-refractivity contribution < 1.29 is 4.79 Å². The molecule has 0 saturated heterocycles. The van der Waals surface area contributed by atoms with E-state index in [0.717, 1.165) is 0 Å². The molecule has 0 amide bonds. The normalized spacial score (nSPS) is 12.9. The molecule has 2 aliphatic carbocycles. The topological polar surface area (TPSA) is 72.6 Å². The molecular formula is C38H47O4Si2+. The predicted molar refractivity (Wildman–Crippen MR) is 191 cm³/mol. The molecule has 0 aromatic heterocycles. The number of benzene rings is 4. The number of rotatable bonds is 6. The average Bonchev–Trinajstić information content (AvgIpc) is 2.93. The van der Waals surface area contributed by atoms with Gasteiger partial charge in [-0.15, -0.1) is 11.1 Å². The third-order valence-electron chi connectivity index (χ3n) is 10.5. The SMILES string of the molecule is CC(C)[Si](C#Cc1cc2c3c(c1)c(=O)c(=[OH+])c1cc(C#C[Si](C(C)C)(C(C)C)C(C)C)cc(c1-3)c(=O)c2=O)(C(C)C)C(C)C. The van der Waals surface area contributed by atoms with Gasteiger partial charge >= 0.3 is 5.43 Å². The molecule has 2 aromatic rings. The molecule has 0 fully saturated rings. The minimum absolute atomic E-state index is 0.182.